The number of rotatable bonds is 3. The third kappa shape index (κ3) is 3.30. The van der Waals surface area contributed by atoms with Gasteiger partial charge in [0.25, 0.3) is 0 Å². The lowest BCUT2D eigenvalue weighted by atomic mass is 10.1. The highest BCUT2D eigenvalue weighted by Crippen LogP contribution is 2.32. The fourth-order valence-electron chi connectivity index (χ4n) is 1.64. The van der Waals surface area contributed by atoms with Crippen LogP contribution in [0, 0.1) is 11.6 Å². The van der Waals surface area contributed by atoms with Crippen LogP contribution in [0.3, 0.4) is 0 Å². The summed E-state index contributed by atoms with van der Waals surface area (Å²) in [6.07, 6.45) is 0. The Labute approximate surface area is 118 Å². The van der Waals surface area contributed by atoms with Gasteiger partial charge in [-0.2, -0.15) is 0 Å². The molecule has 2 nitrogen and oxygen atoms in total. The van der Waals surface area contributed by atoms with Crippen LogP contribution in [0.5, 0.6) is 11.5 Å². The minimum absolute atomic E-state index is 0.221. The molecule has 0 amide bonds. The van der Waals surface area contributed by atoms with Crippen molar-refractivity contribution in [2.24, 2.45) is 5.73 Å². The minimum atomic E-state index is -0.949. The van der Waals surface area contributed by atoms with E-state index in [1.165, 1.54) is 6.07 Å². The van der Waals surface area contributed by atoms with Gasteiger partial charge in [0, 0.05) is 22.1 Å². The van der Waals surface area contributed by atoms with Gasteiger partial charge in [0.05, 0.1) is 0 Å². The van der Waals surface area contributed by atoms with Gasteiger partial charge in [0.1, 0.15) is 11.5 Å². The molecule has 0 bridgehead atoms. The summed E-state index contributed by atoms with van der Waals surface area (Å²) >= 11 is 3.33. The van der Waals surface area contributed by atoms with Crippen LogP contribution in [0.25, 0.3) is 0 Å². The molecule has 0 heterocycles. The van der Waals surface area contributed by atoms with Gasteiger partial charge in [0.15, 0.2) is 11.6 Å². The average molecular weight is 328 g/mol. The summed E-state index contributed by atoms with van der Waals surface area (Å²) < 4.78 is 32.4. The lowest BCUT2D eigenvalue weighted by Gasteiger charge is -2.14. The molecule has 0 aliphatic rings. The zero-order valence-corrected chi connectivity index (χ0v) is 11.7. The summed E-state index contributed by atoms with van der Waals surface area (Å²) in [4.78, 5) is 0. The first-order valence-electron chi connectivity index (χ1n) is 5.65. The van der Waals surface area contributed by atoms with Crippen molar-refractivity contribution in [3.05, 3.63) is 58.1 Å². The van der Waals surface area contributed by atoms with E-state index >= 15 is 0 Å². The molecule has 100 valence electrons. The summed E-state index contributed by atoms with van der Waals surface area (Å²) in [7, 11) is 0. The number of nitrogens with two attached hydrogens (primary N) is 1. The first-order chi connectivity index (χ1) is 8.97. The maximum absolute atomic E-state index is 13.1. The van der Waals surface area contributed by atoms with Crippen LogP contribution < -0.4 is 10.5 Å². The second-order valence-electron chi connectivity index (χ2n) is 4.15. The predicted octanol–water partition coefficient (Wildman–Crippen LogP) is 4.54. The number of benzene rings is 2. The van der Waals surface area contributed by atoms with Crippen molar-refractivity contribution in [1.82, 2.24) is 0 Å². The van der Waals surface area contributed by atoms with Crippen molar-refractivity contribution >= 4 is 15.9 Å². The van der Waals surface area contributed by atoms with Gasteiger partial charge >= 0.3 is 0 Å². The zero-order valence-electron chi connectivity index (χ0n) is 10.2. The second-order valence-corrected chi connectivity index (χ2v) is 5.06. The molecule has 1 atom stereocenters. The van der Waals surface area contributed by atoms with Crippen LogP contribution in [0.15, 0.2) is 40.9 Å². The molecule has 0 radical (unpaired) electrons. The van der Waals surface area contributed by atoms with Crippen LogP contribution in [-0.4, -0.2) is 0 Å². The summed E-state index contributed by atoms with van der Waals surface area (Å²) in [6, 6.07) is 8.56. The summed E-state index contributed by atoms with van der Waals surface area (Å²) in [5, 5.41) is 0. The largest absolute Gasteiger partial charge is 0.457 e. The van der Waals surface area contributed by atoms with E-state index in [0.29, 0.717) is 5.75 Å². The van der Waals surface area contributed by atoms with Gasteiger partial charge in [0.2, 0.25) is 0 Å². The molecule has 5 heteroatoms. The Morgan fingerprint density at radius 2 is 1.84 bits per heavy atom. The van der Waals surface area contributed by atoms with Gasteiger partial charge < -0.3 is 10.5 Å². The zero-order chi connectivity index (χ0) is 14.0. The Hall–Kier alpha value is -1.46. The molecular formula is C14H12BrF2NO. The molecular weight excluding hydrogens is 316 g/mol. The number of hydrogen-bond donors (Lipinski definition) is 1. The van der Waals surface area contributed by atoms with Gasteiger partial charge in [-0.3, -0.25) is 0 Å². The summed E-state index contributed by atoms with van der Waals surface area (Å²) in [5.74, 6) is -1.13. The van der Waals surface area contributed by atoms with E-state index in [-0.39, 0.29) is 11.8 Å². The molecule has 0 spiro atoms. The van der Waals surface area contributed by atoms with Crippen molar-refractivity contribution in [2.75, 3.05) is 0 Å². The Kier molecular flexibility index (Phi) is 4.17. The highest BCUT2D eigenvalue weighted by Gasteiger charge is 2.11. The molecule has 2 N–H and O–H groups in total. The van der Waals surface area contributed by atoms with Gasteiger partial charge in [-0.1, -0.05) is 22.0 Å². The van der Waals surface area contributed by atoms with Crippen LogP contribution >= 0.6 is 15.9 Å². The van der Waals surface area contributed by atoms with Gasteiger partial charge in [-0.25, -0.2) is 8.78 Å². The lowest BCUT2D eigenvalue weighted by molar-refractivity contribution is 0.454. The number of ether oxygens (including phenoxy) is 1. The fourth-order valence-corrected chi connectivity index (χ4v) is 1.98. The molecule has 19 heavy (non-hydrogen) atoms. The molecule has 0 aliphatic carbocycles. The first-order valence-corrected chi connectivity index (χ1v) is 6.44. The van der Waals surface area contributed by atoms with E-state index in [9.17, 15) is 8.78 Å². The highest BCUT2D eigenvalue weighted by atomic mass is 79.9. The van der Waals surface area contributed by atoms with Crippen LogP contribution in [0.4, 0.5) is 8.78 Å². The molecule has 0 saturated heterocycles. The van der Waals surface area contributed by atoms with Gasteiger partial charge in [-0.05, 0) is 31.2 Å². The molecule has 0 aliphatic heterocycles. The second kappa shape index (κ2) is 5.67. The standard InChI is InChI=1S/C14H12BrF2NO/c1-8(18)11-4-2-9(15)6-14(11)19-10-3-5-12(16)13(17)7-10/h2-8H,18H2,1H3. The summed E-state index contributed by atoms with van der Waals surface area (Å²) in [5.41, 5.74) is 6.63. The van der Waals surface area contributed by atoms with E-state index in [4.69, 9.17) is 10.5 Å². The van der Waals surface area contributed by atoms with Crippen LogP contribution in [0.1, 0.15) is 18.5 Å². The topological polar surface area (TPSA) is 35.2 Å². The average Bonchev–Trinajstić information content (AvgIpc) is 2.33. The van der Waals surface area contributed by atoms with Crippen molar-refractivity contribution in [3.8, 4) is 11.5 Å². The van der Waals surface area contributed by atoms with Crippen molar-refractivity contribution in [2.45, 2.75) is 13.0 Å². The number of halogens is 3. The Bertz CT molecular complexity index is 602. The third-order valence-electron chi connectivity index (χ3n) is 2.59. The van der Waals surface area contributed by atoms with E-state index < -0.39 is 11.6 Å². The normalized spacial score (nSPS) is 12.3. The molecule has 0 fully saturated rings. The van der Waals surface area contributed by atoms with Crippen molar-refractivity contribution in [3.63, 3.8) is 0 Å². The van der Waals surface area contributed by atoms with E-state index in [2.05, 4.69) is 15.9 Å². The van der Waals surface area contributed by atoms with Crippen molar-refractivity contribution < 1.29 is 13.5 Å². The highest BCUT2D eigenvalue weighted by molar-refractivity contribution is 9.10. The molecule has 2 aromatic rings. The lowest BCUT2D eigenvalue weighted by Crippen LogP contribution is -2.06. The Morgan fingerprint density at radius 1 is 1.11 bits per heavy atom. The number of hydrogen-bond acceptors (Lipinski definition) is 2. The molecule has 2 aromatic carbocycles. The SMILES string of the molecule is CC(N)c1ccc(Br)cc1Oc1ccc(F)c(F)c1. The van der Waals surface area contributed by atoms with E-state index in [1.54, 1.807) is 6.07 Å². The van der Waals surface area contributed by atoms with Crippen LogP contribution in [-0.2, 0) is 0 Å². The van der Waals surface area contributed by atoms with Crippen LogP contribution in [0.2, 0.25) is 0 Å². The molecule has 1 unspecified atom stereocenters. The fraction of sp³-hybridized carbons (Fsp3) is 0.143. The molecule has 0 aromatic heterocycles. The van der Waals surface area contributed by atoms with E-state index in [1.807, 2.05) is 19.1 Å². The van der Waals surface area contributed by atoms with Gasteiger partial charge in [-0.15, -0.1) is 0 Å². The third-order valence-corrected chi connectivity index (χ3v) is 3.08. The maximum atomic E-state index is 13.1. The maximum Gasteiger partial charge on any atom is 0.162 e. The predicted molar refractivity (Wildman–Crippen MR) is 73.2 cm³/mol. The molecule has 0 saturated carbocycles. The smallest absolute Gasteiger partial charge is 0.162 e. The van der Waals surface area contributed by atoms with Crippen molar-refractivity contribution in [1.29, 1.82) is 0 Å². The monoisotopic (exact) mass is 327 g/mol. The first kappa shape index (κ1) is 14.0. The Balaban J connectivity index is 2.36. The quantitative estimate of drug-likeness (QED) is 0.898. The Morgan fingerprint density at radius 3 is 2.47 bits per heavy atom. The van der Waals surface area contributed by atoms with E-state index in [0.717, 1.165) is 22.2 Å². The summed E-state index contributed by atoms with van der Waals surface area (Å²) in [6.45, 7) is 1.82. The molecule has 2 rings (SSSR count). The minimum Gasteiger partial charge on any atom is -0.457 e.